The Bertz CT molecular complexity index is 1150. The third-order valence-electron chi connectivity index (χ3n) is 4.05. The summed E-state index contributed by atoms with van der Waals surface area (Å²) in [6.45, 7) is 2.02. The molecule has 1 aromatic carbocycles. The van der Waals surface area contributed by atoms with Crippen LogP contribution in [0, 0.1) is 10.1 Å². The molecule has 0 amide bonds. The molecule has 3 rings (SSSR count). The standard InChI is InChI=1S/C17H17N5O4S/c1-4-9-27-15-12-14(20(2)17(24)21(3)16(12)23)18-13(19-15)10-5-7-11(8-6-10)22(25)26/h5-8H,4,9H2,1-3H3. The molecular formula is C17H17N5O4S. The number of benzene rings is 1. The van der Waals surface area contributed by atoms with E-state index in [1.165, 1.54) is 35.5 Å². The molecule has 0 atom stereocenters. The maximum atomic E-state index is 12.6. The first-order valence-corrected chi connectivity index (χ1v) is 9.19. The fourth-order valence-corrected chi connectivity index (χ4v) is 3.46. The Morgan fingerprint density at radius 1 is 1.11 bits per heavy atom. The van der Waals surface area contributed by atoms with Gasteiger partial charge in [-0.25, -0.2) is 14.8 Å². The predicted molar refractivity (Wildman–Crippen MR) is 103 cm³/mol. The van der Waals surface area contributed by atoms with Crippen molar-refractivity contribution in [1.29, 1.82) is 0 Å². The second kappa shape index (κ2) is 7.31. The van der Waals surface area contributed by atoms with E-state index >= 15 is 0 Å². The van der Waals surface area contributed by atoms with Gasteiger partial charge in [0, 0.05) is 31.8 Å². The second-order valence-corrected chi connectivity index (χ2v) is 6.99. The average molecular weight is 387 g/mol. The SMILES string of the molecule is CCCSc1nc(-c2ccc([N+](=O)[O-])cc2)nc2c1c(=O)n(C)c(=O)n2C. The minimum absolute atomic E-state index is 0.0404. The largest absolute Gasteiger partial charge is 0.332 e. The normalized spacial score (nSPS) is 11.1. The Balaban J connectivity index is 2.30. The van der Waals surface area contributed by atoms with Crippen LogP contribution in [-0.2, 0) is 14.1 Å². The maximum Gasteiger partial charge on any atom is 0.332 e. The number of nitro groups is 1. The topological polar surface area (TPSA) is 113 Å². The number of non-ortho nitro benzene ring substituents is 1. The quantitative estimate of drug-likeness (QED) is 0.285. The Hall–Kier alpha value is -3.01. The molecular weight excluding hydrogens is 370 g/mol. The van der Waals surface area contributed by atoms with Crippen molar-refractivity contribution in [1.82, 2.24) is 19.1 Å². The summed E-state index contributed by atoms with van der Waals surface area (Å²) in [5.74, 6) is 1.05. The van der Waals surface area contributed by atoms with Gasteiger partial charge in [-0.3, -0.25) is 24.0 Å². The number of nitrogens with zero attached hydrogens (tertiary/aromatic N) is 5. The van der Waals surface area contributed by atoms with Crippen molar-refractivity contribution in [2.45, 2.75) is 18.4 Å². The molecule has 0 spiro atoms. The van der Waals surface area contributed by atoms with Gasteiger partial charge in [-0.2, -0.15) is 0 Å². The fourth-order valence-electron chi connectivity index (χ4n) is 2.59. The lowest BCUT2D eigenvalue weighted by Crippen LogP contribution is -2.37. The summed E-state index contributed by atoms with van der Waals surface area (Å²) in [4.78, 5) is 44.2. The van der Waals surface area contributed by atoms with Crippen molar-refractivity contribution in [2.75, 3.05) is 5.75 Å². The van der Waals surface area contributed by atoms with Crippen LogP contribution in [0.15, 0.2) is 38.9 Å². The molecule has 0 aliphatic rings. The summed E-state index contributed by atoms with van der Waals surface area (Å²) >= 11 is 1.42. The van der Waals surface area contributed by atoms with Crippen LogP contribution < -0.4 is 11.2 Å². The zero-order chi connectivity index (χ0) is 19.7. The monoisotopic (exact) mass is 387 g/mol. The molecule has 140 valence electrons. The number of aryl methyl sites for hydroxylation is 1. The Labute approximate surface area is 157 Å². The highest BCUT2D eigenvalue weighted by Gasteiger charge is 2.18. The maximum absolute atomic E-state index is 12.6. The first kappa shape index (κ1) is 18.8. The van der Waals surface area contributed by atoms with Crippen LogP contribution in [0.5, 0.6) is 0 Å². The van der Waals surface area contributed by atoms with Gasteiger partial charge in [0.25, 0.3) is 11.2 Å². The molecule has 0 saturated carbocycles. The number of rotatable bonds is 5. The van der Waals surface area contributed by atoms with Crippen molar-refractivity contribution in [2.24, 2.45) is 14.1 Å². The van der Waals surface area contributed by atoms with Crippen molar-refractivity contribution in [3.05, 3.63) is 55.2 Å². The van der Waals surface area contributed by atoms with E-state index in [4.69, 9.17) is 0 Å². The highest BCUT2D eigenvalue weighted by molar-refractivity contribution is 7.99. The molecule has 0 radical (unpaired) electrons. The van der Waals surface area contributed by atoms with Crippen molar-refractivity contribution in [3.63, 3.8) is 0 Å². The van der Waals surface area contributed by atoms with Gasteiger partial charge in [-0.15, -0.1) is 11.8 Å². The number of thioether (sulfide) groups is 1. The molecule has 0 unspecified atom stereocenters. The molecule has 0 bridgehead atoms. The molecule has 0 N–H and O–H groups in total. The van der Waals surface area contributed by atoms with Crippen LogP contribution in [0.3, 0.4) is 0 Å². The number of hydrogen-bond donors (Lipinski definition) is 0. The number of aromatic nitrogens is 4. The van der Waals surface area contributed by atoms with Crippen molar-refractivity contribution in [3.8, 4) is 11.4 Å². The minimum Gasteiger partial charge on any atom is -0.280 e. The van der Waals surface area contributed by atoms with E-state index in [-0.39, 0.29) is 11.3 Å². The molecule has 3 aromatic rings. The average Bonchev–Trinajstić information content (AvgIpc) is 2.68. The zero-order valence-electron chi connectivity index (χ0n) is 15.0. The first-order chi connectivity index (χ1) is 12.8. The van der Waals surface area contributed by atoms with Gasteiger partial charge in [0.05, 0.1) is 4.92 Å². The van der Waals surface area contributed by atoms with Crippen LogP contribution in [0.25, 0.3) is 22.4 Å². The minimum atomic E-state index is -0.485. The molecule has 9 nitrogen and oxygen atoms in total. The Morgan fingerprint density at radius 3 is 2.37 bits per heavy atom. The summed E-state index contributed by atoms with van der Waals surface area (Å²) in [6.07, 6.45) is 0.884. The van der Waals surface area contributed by atoms with Crippen molar-refractivity contribution < 1.29 is 4.92 Å². The molecule has 10 heteroatoms. The van der Waals surface area contributed by atoms with E-state index < -0.39 is 16.2 Å². The van der Waals surface area contributed by atoms with Crippen molar-refractivity contribution >= 4 is 28.5 Å². The first-order valence-electron chi connectivity index (χ1n) is 8.20. The highest BCUT2D eigenvalue weighted by Crippen LogP contribution is 2.27. The lowest BCUT2D eigenvalue weighted by Gasteiger charge is -2.11. The van der Waals surface area contributed by atoms with E-state index in [0.29, 0.717) is 21.8 Å². The summed E-state index contributed by atoms with van der Waals surface area (Å²) in [6, 6.07) is 5.83. The third kappa shape index (κ3) is 3.35. The predicted octanol–water partition coefficient (Wildman–Crippen LogP) is 2.10. The zero-order valence-corrected chi connectivity index (χ0v) is 15.8. The fraction of sp³-hybridized carbons (Fsp3) is 0.294. The van der Waals surface area contributed by atoms with E-state index in [1.807, 2.05) is 6.92 Å². The van der Waals surface area contributed by atoms with Gasteiger partial charge in [0.1, 0.15) is 10.4 Å². The van der Waals surface area contributed by atoms with Gasteiger partial charge < -0.3 is 0 Å². The number of nitro benzene ring substituents is 1. The van der Waals surface area contributed by atoms with Gasteiger partial charge in [0.15, 0.2) is 11.5 Å². The van der Waals surface area contributed by atoms with Crippen LogP contribution in [0.4, 0.5) is 5.69 Å². The van der Waals surface area contributed by atoms with Gasteiger partial charge in [0.2, 0.25) is 0 Å². The molecule has 0 aliphatic heterocycles. The van der Waals surface area contributed by atoms with E-state index in [2.05, 4.69) is 9.97 Å². The second-order valence-electron chi connectivity index (χ2n) is 5.91. The lowest BCUT2D eigenvalue weighted by molar-refractivity contribution is -0.384. The third-order valence-corrected chi connectivity index (χ3v) is 5.23. The Kier molecular flexibility index (Phi) is 5.08. The molecule has 0 aliphatic carbocycles. The van der Waals surface area contributed by atoms with E-state index in [0.717, 1.165) is 16.7 Å². The summed E-state index contributed by atoms with van der Waals surface area (Å²) < 4.78 is 2.34. The summed E-state index contributed by atoms with van der Waals surface area (Å²) in [7, 11) is 2.97. The smallest absolute Gasteiger partial charge is 0.280 e. The van der Waals surface area contributed by atoms with Crippen LogP contribution in [0.2, 0.25) is 0 Å². The Morgan fingerprint density at radius 2 is 1.78 bits per heavy atom. The molecule has 27 heavy (non-hydrogen) atoms. The van der Waals surface area contributed by atoms with Crippen LogP contribution >= 0.6 is 11.8 Å². The molecule has 0 fully saturated rings. The number of fused-ring (bicyclic) bond motifs is 1. The summed E-state index contributed by atoms with van der Waals surface area (Å²) in [5.41, 5.74) is -0.158. The van der Waals surface area contributed by atoms with Gasteiger partial charge >= 0.3 is 5.69 Å². The van der Waals surface area contributed by atoms with Gasteiger partial charge in [-0.05, 0) is 24.3 Å². The van der Waals surface area contributed by atoms with Crippen LogP contribution in [-0.4, -0.2) is 29.8 Å². The number of hydrogen-bond acceptors (Lipinski definition) is 7. The van der Waals surface area contributed by atoms with E-state index in [9.17, 15) is 19.7 Å². The lowest BCUT2D eigenvalue weighted by atomic mass is 10.2. The van der Waals surface area contributed by atoms with Gasteiger partial charge in [-0.1, -0.05) is 6.92 Å². The molecule has 2 heterocycles. The highest BCUT2D eigenvalue weighted by atomic mass is 32.2. The molecule has 2 aromatic heterocycles. The van der Waals surface area contributed by atoms with E-state index in [1.54, 1.807) is 19.2 Å². The molecule has 0 saturated heterocycles. The summed E-state index contributed by atoms with van der Waals surface area (Å²) in [5, 5.41) is 11.6. The van der Waals surface area contributed by atoms with Crippen LogP contribution in [0.1, 0.15) is 13.3 Å².